The Labute approximate surface area is 82.6 Å². The quantitative estimate of drug-likeness (QED) is 0.519. The fourth-order valence-electron chi connectivity index (χ4n) is 1.45. The number of rotatable bonds is 4. The number of allylic oxidation sites excluding steroid dienone is 1. The van der Waals surface area contributed by atoms with Crippen LogP contribution in [0.25, 0.3) is 0 Å². The summed E-state index contributed by atoms with van der Waals surface area (Å²) in [6, 6.07) is 0. The highest BCUT2D eigenvalue weighted by atomic mass is 14.9. The molecule has 0 amide bonds. The molecule has 0 radical (unpaired) electrons. The number of hydrogen-bond acceptors (Lipinski definition) is 1. The monoisotopic (exact) mass is 181 g/mol. The summed E-state index contributed by atoms with van der Waals surface area (Å²) in [5.41, 5.74) is 1.87. The highest BCUT2D eigenvalue weighted by molar-refractivity contribution is 5.09. The lowest BCUT2D eigenvalue weighted by Crippen LogP contribution is -2.36. The summed E-state index contributed by atoms with van der Waals surface area (Å²) in [7, 11) is 0. The first-order valence-electron chi connectivity index (χ1n) is 5.41. The summed E-state index contributed by atoms with van der Waals surface area (Å²) in [6.07, 6.45) is 6.43. The lowest BCUT2D eigenvalue weighted by molar-refractivity contribution is 0.431. The van der Waals surface area contributed by atoms with Crippen LogP contribution in [0.15, 0.2) is 11.6 Å². The number of hydrogen-bond donors (Lipinski definition) is 1. The predicted octanol–water partition coefficient (Wildman–Crippen LogP) is 3.12. The second-order valence-electron chi connectivity index (χ2n) is 5.19. The SMILES string of the molecule is CC(=CCCNC(C)(C)C)C1CC1. The van der Waals surface area contributed by atoms with Crippen molar-refractivity contribution < 1.29 is 0 Å². The van der Waals surface area contributed by atoms with Gasteiger partial charge in [-0.25, -0.2) is 0 Å². The van der Waals surface area contributed by atoms with Gasteiger partial charge in [-0.2, -0.15) is 0 Å². The van der Waals surface area contributed by atoms with Crippen molar-refractivity contribution in [3.63, 3.8) is 0 Å². The zero-order valence-corrected chi connectivity index (χ0v) is 9.48. The molecule has 0 aromatic carbocycles. The van der Waals surface area contributed by atoms with Gasteiger partial charge < -0.3 is 5.32 Å². The zero-order valence-electron chi connectivity index (χ0n) is 9.48. The van der Waals surface area contributed by atoms with Gasteiger partial charge in [0.05, 0.1) is 0 Å². The van der Waals surface area contributed by atoms with Gasteiger partial charge in [0.2, 0.25) is 0 Å². The Balaban J connectivity index is 2.09. The molecule has 1 N–H and O–H groups in total. The molecular formula is C12H23N. The molecule has 1 fully saturated rings. The van der Waals surface area contributed by atoms with Gasteiger partial charge in [0.1, 0.15) is 0 Å². The van der Waals surface area contributed by atoms with Crippen LogP contribution in [0.1, 0.15) is 47.0 Å². The van der Waals surface area contributed by atoms with Gasteiger partial charge in [-0.15, -0.1) is 0 Å². The maximum absolute atomic E-state index is 3.49. The van der Waals surface area contributed by atoms with Crippen molar-refractivity contribution in [1.29, 1.82) is 0 Å². The Morgan fingerprint density at radius 3 is 2.46 bits per heavy atom. The minimum Gasteiger partial charge on any atom is -0.312 e. The van der Waals surface area contributed by atoms with Gasteiger partial charge in [-0.1, -0.05) is 11.6 Å². The van der Waals surface area contributed by atoms with E-state index in [0.29, 0.717) is 0 Å². The first-order chi connectivity index (χ1) is 5.99. The molecule has 0 aliphatic heterocycles. The Bertz CT molecular complexity index is 182. The summed E-state index contributed by atoms with van der Waals surface area (Å²) in [4.78, 5) is 0. The van der Waals surface area contributed by atoms with Crippen LogP contribution in [-0.4, -0.2) is 12.1 Å². The van der Waals surface area contributed by atoms with E-state index in [0.717, 1.165) is 12.5 Å². The fraction of sp³-hybridized carbons (Fsp3) is 0.833. The summed E-state index contributed by atoms with van der Waals surface area (Å²) in [5, 5.41) is 3.49. The standard InChI is InChI=1S/C12H23N/c1-10(11-7-8-11)6-5-9-13-12(2,3)4/h6,11,13H,5,7-9H2,1-4H3. The van der Waals surface area contributed by atoms with Crippen LogP contribution in [0.2, 0.25) is 0 Å². The van der Waals surface area contributed by atoms with Crippen molar-refractivity contribution in [2.45, 2.75) is 52.5 Å². The highest BCUT2D eigenvalue weighted by Crippen LogP contribution is 2.36. The van der Waals surface area contributed by atoms with E-state index in [4.69, 9.17) is 0 Å². The van der Waals surface area contributed by atoms with E-state index in [1.54, 1.807) is 5.57 Å². The molecule has 0 saturated heterocycles. The second-order valence-corrected chi connectivity index (χ2v) is 5.19. The van der Waals surface area contributed by atoms with Crippen molar-refractivity contribution in [1.82, 2.24) is 5.32 Å². The minimum atomic E-state index is 0.265. The molecule has 0 spiro atoms. The number of nitrogens with one attached hydrogen (secondary N) is 1. The van der Waals surface area contributed by atoms with Gasteiger partial charge in [0.25, 0.3) is 0 Å². The first kappa shape index (κ1) is 10.8. The molecule has 1 nitrogen and oxygen atoms in total. The van der Waals surface area contributed by atoms with E-state index in [1.807, 2.05) is 0 Å². The second kappa shape index (κ2) is 4.28. The first-order valence-corrected chi connectivity index (χ1v) is 5.41. The third-order valence-electron chi connectivity index (χ3n) is 2.49. The van der Waals surface area contributed by atoms with Crippen molar-refractivity contribution >= 4 is 0 Å². The lowest BCUT2D eigenvalue weighted by Gasteiger charge is -2.19. The third kappa shape index (κ3) is 5.09. The molecule has 1 rings (SSSR count). The van der Waals surface area contributed by atoms with E-state index in [1.165, 1.54) is 19.3 Å². The topological polar surface area (TPSA) is 12.0 Å². The molecule has 0 aromatic heterocycles. The molecule has 1 aliphatic carbocycles. The summed E-state index contributed by atoms with van der Waals surface area (Å²) < 4.78 is 0. The van der Waals surface area contributed by atoms with E-state index in [9.17, 15) is 0 Å². The molecule has 0 unspecified atom stereocenters. The average Bonchev–Trinajstić information content (AvgIpc) is 2.77. The van der Waals surface area contributed by atoms with Gasteiger partial charge in [-0.3, -0.25) is 0 Å². The zero-order chi connectivity index (χ0) is 9.90. The van der Waals surface area contributed by atoms with Gasteiger partial charge in [0, 0.05) is 5.54 Å². The fourth-order valence-corrected chi connectivity index (χ4v) is 1.45. The Hall–Kier alpha value is -0.300. The van der Waals surface area contributed by atoms with Crippen LogP contribution in [-0.2, 0) is 0 Å². The summed E-state index contributed by atoms with van der Waals surface area (Å²) in [5.74, 6) is 0.939. The molecule has 0 atom stereocenters. The van der Waals surface area contributed by atoms with E-state index in [-0.39, 0.29) is 5.54 Å². The Morgan fingerprint density at radius 2 is 2.00 bits per heavy atom. The maximum atomic E-state index is 3.49. The Morgan fingerprint density at radius 1 is 1.38 bits per heavy atom. The van der Waals surface area contributed by atoms with E-state index >= 15 is 0 Å². The van der Waals surface area contributed by atoms with Crippen molar-refractivity contribution in [2.24, 2.45) is 5.92 Å². The predicted molar refractivity (Wildman–Crippen MR) is 58.9 cm³/mol. The van der Waals surface area contributed by atoms with E-state index < -0.39 is 0 Å². The normalized spacial score (nSPS) is 19.2. The summed E-state index contributed by atoms with van der Waals surface area (Å²) >= 11 is 0. The van der Waals surface area contributed by atoms with Crippen LogP contribution >= 0.6 is 0 Å². The minimum absolute atomic E-state index is 0.265. The van der Waals surface area contributed by atoms with E-state index in [2.05, 4.69) is 39.1 Å². The van der Waals surface area contributed by atoms with Crippen molar-refractivity contribution in [3.05, 3.63) is 11.6 Å². The average molecular weight is 181 g/mol. The molecule has 0 bridgehead atoms. The largest absolute Gasteiger partial charge is 0.312 e. The van der Waals surface area contributed by atoms with Crippen LogP contribution in [0.3, 0.4) is 0 Å². The van der Waals surface area contributed by atoms with Crippen molar-refractivity contribution in [2.75, 3.05) is 6.54 Å². The maximum Gasteiger partial charge on any atom is 0.00966 e. The summed E-state index contributed by atoms with van der Waals surface area (Å²) in [6.45, 7) is 10.0. The molecule has 76 valence electrons. The molecule has 1 saturated carbocycles. The smallest absolute Gasteiger partial charge is 0.00966 e. The third-order valence-corrected chi connectivity index (χ3v) is 2.49. The van der Waals surface area contributed by atoms with Crippen LogP contribution in [0.5, 0.6) is 0 Å². The lowest BCUT2D eigenvalue weighted by atomic mass is 10.1. The Kier molecular flexibility index (Phi) is 3.55. The van der Waals surface area contributed by atoms with Gasteiger partial charge in [-0.05, 0) is 59.4 Å². The molecule has 1 aliphatic rings. The van der Waals surface area contributed by atoms with Gasteiger partial charge in [0.15, 0.2) is 0 Å². The molecule has 0 aromatic rings. The molecule has 0 heterocycles. The molecule has 1 heteroatoms. The molecular weight excluding hydrogens is 158 g/mol. The van der Waals surface area contributed by atoms with Crippen LogP contribution in [0, 0.1) is 5.92 Å². The highest BCUT2D eigenvalue weighted by Gasteiger charge is 2.22. The van der Waals surface area contributed by atoms with Gasteiger partial charge >= 0.3 is 0 Å². The van der Waals surface area contributed by atoms with Crippen LogP contribution < -0.4 is 5.32 Å². The van der Waals surface area contributed by atoms with Crippen molar-refractivity contribution in [3.8, 4) is 0 Å². The van der Waals surface area contributed by atoms with Crippen LogP contribution in [0.4, 0.5) is 0 Å². The molecule has 13 heavy (non-hydrogen) atoms.